The van der Waals surface area contributed by atoms with Crippen molar-refractivity contribution in [2.24, 2.45) is 0 Å². The van der Waals surface area contributed by atoms with Crippen LogP contribution in [0.1, 0.15) is 28.1 Å². The van der Waals surface area contributed by atoms with Gasteiger partial charge in [-0.15, -0.1) is 0 Å². The number of pyridine rings is 2. The monoisotopic (exact) mass is 493 g/mol. The molecule has 37 heavy (non-hydrogen) atoms. The Hall–Kier alpha value is -4.03. The molecule has 0 aliphatic carbocycles. The Balaban J connectivity index is 1.34. The van der Waals surface area contributed by atoms with Crippen molar-refractivity contribution < 1.29 is 5.11 Å². The Morgan fingerprint density at radius 1 is 1.08 bits per heavy atom. The van der Waals surface area contributed by atoms with Crippen molar-refractivity contribution in [1.82, 2.24) is 24.8 Å². The first-order valence-electron chi connectivity index (χ1n) is 12.6. The molecular weight excluding hydrogens is 462 g/mol. The Morgan fingerprint density at radius 2 is 1.92 bits per heavy atom. The standard InChI is InChI=1S/C29H31N7O/c1-21-26-9-10-32-28(26)8-7-27(21)34-29-22(18-31-19-23(29)17-30)5-6-24-3-2-4-25(33-24)20-36-13-11-35(12-14-36)15-16-37/h2-10,18-19,32,37H,11-16,20H2,1H3,(H,31,34)/b6-5+. The number of hydrogen-bond donors (Lipinski definition) is 3. The first-order valence-corrected chi connectivity index (χ1v) is 12.6. The van der Waals surface area contributed by atoms with E-state index in [1.54, 1.807) is 12.4 Å². The van der Waals surface area contributed by atoms with Gasteiger partial charge in [0.15, 0.2) is 0 Å². The van der Waals surface area contributed by atoms with Crippen LogP contribution >= 0.6 is 0 Å². The molecule has 4 heterocycles. The van der Waals surface area contributed by atoms with Gasteiger partial charge in [0.2, 0.25) is 0 Å². The normalized spacial score (nSPS) is 14.8. The first kappa shape index (κ1) is 24.7. The predicted molar refractivity (Wildman–Crippen MR) is 147 cm³/mol. The van der Waals surface area contributed by atoms with Gasteiger partial charge in [-0.3, -0.25) is 19.8 Å². The lowest BCUT2D eigenvalue weighted by atomic mass is 10.1. The van der Waals surface area contributed by atoms with Gasteiger partial charge >= 0.3 is 0 Å². The number of β-amino-alcohol motifs (C(OH)–C–C–N with tert-alkyl or cyclic N) is 1. The van der Waals surface area contributed by atoms with Gasteiger partial charge in [-0.25, -0.2) is 0 Å². The minimum Gasteiger partial charge on any atom is -0.395 e. The average Bonchev–Trinajstić information content (AvgIpc) is 3.41. The zero-order chi connectivity index (χ0) is 25.6. The minimum absolute atomic E-state index is 0.210. The van der Waals surface area contributed by atoms with Crippen molar-refractivity contribution in [3.05, 3.63) is 83.1 Å². The van der Waals surface area contributed by atoms with E-state index in [4.69, 9.17) is 10.1 Å². The highest BCUT2D eigenvalue weighted by Gasteiger charge is 2.17. The van der Waals surface area contributed by atoms with Crippen LogP contribution < -0.4 is 5.32 Å². The highest BCUT2D eigenvalue weighted by atomic mass is 16.3. The van der Waals surface area contributed by atoms with Crippen molar-refractivity contribution in [1.29, 1.82) is 5.26 Å². The van der Waals surface area contributed by atoms with E-state index in [0.717, 1.165) is 84.1 Å². The molecule has 5 rings (SSSR count). The number of aromatic amines is 1. The van der Waals surface area contributed by atoms with Crippen LogP contribution in [0.15, 0.2) is 55.0 Å². The number of nitriles is 1. The third-order valence-corrected chi connectivity index (χ3v) is 6.89. The molecule has 0 spiro atoms. The SMILES string of the molecule is Cc1c(Nc2c(C#N)cncc2/C=C/c2cccc(CN3CCN(CCO)CC3)n2)ccc2[nH]ccc12. The summed E-state index contributed by atoms with van der Waals surface area (Å²) >= 11 is 0. The predicted octanol–water partition coefficient (Wildman–Crippen LogP) is 4.16. The zero-order valence-electron chi connectivity index (χ0n) is 21.0. The van der Waals surface area contributed by atoms with E-state index < -0.39 is 0 Å². The van der Waals surface area contributed by atoms with Crippen molar-refractivity contribution in [3.63, 3.8) is 0 Å². The van der Waals surface area contributed by atoms with Crippen LogP contribution in [0, 0.1) is 18.3 Å². The quantitative estimate of drug-likeness (QED) is 0.339. The molecule has 1 aliphatic heterocycles. The number of nitrogens with zero attached hydrogens (tertiary/aromatic N) is 5. The molecule has 0 radical (unpaired) electrons. The van der Waals surface area contributed by atoms with Gasteiger partial charge in [0, 0.05) is 80.0 Å². The van der Waals surface area contributed by atoms with Gasteiger partial charge in [-0.05, 0) is 55.0 Å². The van der Waals surface area contributed by atoms with E-state index in [2.05, 4.69) is 50.2 Å². The van der Waals surface area contributed by atoms with Crippen LogP contribution in [0.5, 0.6) is 0 Å². The topological polar surface area (TPSA) is 104 Å². The van der Waals surface area contributed by atoms with Gasteiger partial charge in [0.1, 0.15) is 6.07 Å². The fourth-order valence-corrected chi connectivity index (χ4v) is 4.78. The number of hydrogen-bond acceptors (Lipinski definition) is 7. The second-order valence-corrected chi connectivity index (χ2v) is 9.29. The Kier molecular flexibility index (Phi) is 7.57. The molecule has 1 fully saturated rings. The molecule has 8 nitrogen and oxygen atoms in total. The molecule has 8 heteroatoms. The number of aliphatic hydroxyl groups excluding tert-OH is 1. The molecule has 1 aromatic carbocycles. The van der Waals surface area contributed by atoms with Crippen LogP contribution in [0.2, 0.25) is 0 Å². The molecule has 0 atom stereocenters. The third-order valence-electron chi connectivity index (χ3n) is 6.89. The molecule has 1 saturated heterocycles. The zero-order valence-corrected chi connectivity index (χ0v) is 21.0. The number of aliphatic hydroxyl groups is 1. The summed E-state index contributed by atoms with van der Waals surface area (Å²) in [5.41, 5.74) is 7.05. The van der Waals surface area contributed by atoms with Crippen LogP contribution in [0.4, 0.5) is 11.4 Å². The van der Waals surface area contributed by atoms with E-state index in [-0.39, 0.29) is 6.61 Å². The molecule has 188 valence electrons. The summed E-state index contributed by atoms with van der Waals surface area (Å²) < 4.78 is 0. The second kappa shape index (κ2) is 11.4. The van der Waals surface area contributed by atoms with E-state index in [1.165, 1.54) is 0 Å². The summed E-state index contributed by atoms with van der Waals surface area (Å²) in [5, 5.41) is 23.5. The first-order chi connectivity index (χ1) is 18.1. The van der Waals surface area contributed by atoms with E-state index in [9.17, 15) is 5.26 Å². The summed E-state index contributed by atoms with van der Waals surface area (Å²) in [6.07, 6.45) is 9.21. The van der Waals surface area contributed by atoms with Crippen LogP contribution in [-0.2, 0) is 6.54 Å². The highest BCUT2D eigenvalue weighted by Crippen LogP contribution is 2.31. The molecule has 0 saturated carbocycles. The smallest absolute Gasteiger partial charge is 0.103 e. The number of benzene rings is 1. The van der Waals surface area contributed by atoms with Crippen molar-refractivity contribution in [3.8, 4) is 6.07 Å². The van der Waals surface area contributed by atoms with Crippen molar-refractivity contribution in [2.45, 2.75) is 13.5 Å². The summed E-state index contributed by atoms with van der Waals surface area (Å²) in [7, 11) is 0. The van der Waals surface area contributed by atoms with Gasteiger partial charge in [-0.1, -0.05) is 6.07 Å². The Morgan fingerprint density at radius 3 is 2.73 bits per heavy atom. The molecule has 3 aromatic heterocycles. The maximum Gasteiger partial charge on any atom is 0.103 e. The van der Waals surface area contributed by atoms with Gasteiger partial charge in [0.25, 0.3) is 0 Å². The summed E-state index contributed by atoms with van der Waals surface area (Å²) in [5.74, 6) is 0. The third kappa shape index (κ3) is 5.70. The average molecular weight is 494 g/mol. The molecule has 1 aliphatic rings. The van der Waals surface area contributed by atoms with E-state index >= 15 is 0 Å². The fraction of sp³-hybridized carbons (Fsp3) is 0.276. The molecule has 3 N–H and O–H groups in total. The lowest BCUT2D eigenvalue weighted by Gasteiger charge is -2.34. The van der Waals surface area contributed by atoms with Crippen molar-refractivity contribution in [2.75, 3.05) is 44.6 Å². The van der Waals surface area contributed by atoms with Crippen molar-refractivity contribution >= 4 is 34.4 Å². The number of aryl methyl sites for hydroxylation is 1. The summed E-state index contributed by atoms with van der Waals surface area (Å²) in [6.45, 7) is 7.70. The molecular formula is C29H31N7O. The summed E-state index contributed by atoms with van der Waals surface area (Å²) in [4.78, 5) is 17.1. The van der Waals surface area contributed by atoms with E-state index in [0.29, 0.717) is 5.56 Å². The van der Waals surface area contributed by atoms with Crippen LogP contribution in [0.25, 0.3) is 23.1 Å². The second-order valence-electron chi connectivity index (χ2n) is 9.29. The highest BCUT2D eigenvalue weighted by molar-refractivity contribution is 5.90. The van der Waals surface area contributed by atoms with Gasteiger partial charge in [0.05, 0.1) is 29.2 Å². The summed E-state index contributed by atoms with van der Waals surface area (Å²) in [6, 6.07) is 14.5. The number of fused-ring (bicyclic) bond motifs is 1. The largest absolute Gasteiger partial charge is 0.395 e. The number of H-pyrrole nitrogens is 1. The van der Waals surface area contributed by atoms with Crippen LogP contribution in [-0.4, -0.2) is 69.2 Å². The lowest BCUT2D eigenvalue weighted by Crippen LogP contribution is -2.46. The minimum atomic E-state index is 0.210. The lowest BCUT2D eigenvalue weighted by molar-refractivity contribution is 0.107. The fourth-order valence-electron chi connectivity index (χ4n) is 4.78. The van der Waals surface area contributed by atoms with Gasteiger partial charge < -0.3 is 15.4 Å². The molecule has 0 unspecified atom stereocenters. The number of nitrogens with one attached hydrogen (secondary N) is 2. The molecule has 0 bridgehead atoms. The van der Waals surface area contributed by atoms with Gasteiger partial charge in [-0.2, -0.15) is 5.26 Å². The number of anilines is 2. The van der Waals surface area contributed by atoms with E-state index in [1.807, 2.05) is 42.6 Å². The number of aromatic nitrogens is 3. The number of piperazine rings is 1. The van der Waals surface area contributed by atoms with Crippen LogP contribution in [0.3, 0.4) is 0 Å². The Labute approximate surface area is 216 Å². The Bertz CT molecular complexity index is 1440. The maximum absolute atomic E-state index is 9.76. The molecule has 0 amide bonds. The number of rotatable bonds is 8. The molecule has 4 aromatic rings. The maximum atomic E-state index is 9.76.